The molecular weight excluding hydrogens is 332 g/mol. The van der Waals surface area contributed by atoms with Crippen LogP contribution < -0.4 is 5.73 Å². The molecule has 0 saturated heterocycles. The van der Waals surface area contributed by atoms with Gasteiger partial charge in [-0.3, -0.25) is 0 Å². The summed E-state index contributed by atoms with van der Waals surface area (Å²) in [6.07, 6.45) is 2.95. The second kappa shape index (κ2) is 6.03. The van der Waals surface area contributed by atoms with Crippen molar-refractivity contribution in [2.24, 2.45) is 5.73 Å². The highest BCUT2D eigenvalue weighted by atomic mass is 35.5. The van der Waals surface area contributed by atoms with Crippen molar-refractivity contribution in [2.45, 2.75) is 31.7 Å². The van der Waals surface area contributed by atoms with Crippen molar-refractivity contribution in [3.63, 3.8) is 0 Å². The van der Waals surface area contributed by atoms with Crippen LogP contribution in [-0.2, 0) is 5.54 Å². The lowest BCUT2D eigenvalue weighted by atomic mass is 9.77. The van der Waals surface area contributed by atoms with Gasteiger partial charge in [-0.05, 0) is 26.2 Å². The Morgan fingerprint density at radius 3 is 2.57 bits per heavy atom. The number of nitrogens with zero attached hydrogens (tertiary/aromatic N) is 3. The number of hydrogen-bond donors (Lipinski definition) is 1. The fraction of sp³-hybridized carbons (Fsp3) is 0.312. The molecule has 5 nitrogen and oxygen atoms in total. The Labute approximate surface area is 144 Å². The lowest BCUT2D eigenvalue weighted by Crippen LogP contribution is -2.44. The van der Waals surface area contributed by atoms with Gasteiger partial charge in [0, 0.05) is 10.9 Å². The Morgan fingerprint density at radius 2 is 1.91 bits per heavy atom. The predicted molar refractivity (Wildman–Crippen MR) is 92.5 cm³/mol. The molecule has 2 N–H and O–H groups in total. The standard InChI is InChI=1S/C16H16N4OS.ClH/c1-10-3-5-11(6-4-10)14-18-12(9-22-14)13-19-15(20-21-13)16(17)7-2-8-16;/h3-6,9H,2,7-8,17H2,1H3;1H. The van der Waals surface area contributed by atoms with Crippen LogP contribution in [0, 0.1) is 6.92 Å². The van der Waals surface area contributed by atoms with E-state index in [0.29, 0.717) is 17.4 Å². The normalized spacial score (nSPS) is 15.7. The molecule has 0 atom stereocenters. The number of hydrogen-bond acceptors (Lipinski definition) is 6. The van der Waals surface area contributed by atoms with E-state index in [0.717, 1.165) is 29.8 Å². The Hall–Kier alpha value is -1.76. The molecule has 1 saturated carbocycles. The SMILES string of the molecule is Cc1ccc(-c2nc(-c3nc(C4(N)CCC4)no3)cs2)cc1.Cl. The summed E-state index contributed by atoms with van der Waals surface area (Å²) in [5, 5.41) is 6.92. The van der Waals surface area contributed by atoms with Gasteiger partial charge in [0.25, 0.3) is 5.89 Å². The van der Waals surface area contributed by atoms with Crippen LogP contribution in [0.3, 0.4) is 0 Å². The zero-order valence-corrected chi connectivity index (χ0v) is 14.3. The van der Waals surface area contributed by atoms with Gasteiger partial charge in [-0.25, -0.2) is 4.98 Å². The minimum absolute atomic E-state index is 0. The predicted octanol–water partition coefficient (Wildman–Crippen LogP) is 3.93. The third kappa shape index (κ3) is 2.89. The van der Waals surface area contributed by atoms with E-state index in [4.69, 9.17) is 10.3 Å². The molecule has 4 rings (SSSR count). The average molecular weight is 349 g/mol. The van der Waals surface area contributed by atoms with E-state index in [2.05, 4.69) is 46.3 Å². The van der Waals surface area contributed by atoms with Gasteiger partial charge < -0.3 is 10.3 Å². The largest absolute Gasteiger partial charge is 0.332 e. The molecule has 23 heavy (non-hydrogen) atoms. The molecule has 0 amide bonds. The summed E-state index contributed by atoms with van der Waals surface area (Å²) in [4.78, 5) is 9.04. The zero-order chi connectivity index (χ0) is 15.2. The molecule has 3 aromatic rings. The lowest BCUT2D eigenvalue weighted by molar-refractivity contribution is 0.229. The molecule has 120 valence electrons. The second-order valence-electron chi connectivity index (χ2n) is 5.84. The highest BCUT2D eigenvalue weighted by molar-refractivity contribution is 7.13. The van der Waals surface area contributed by atoms with E-state index in [1.165, 1.54) is 5.56 Å². The first-order valence-electron chi connectivity index (χ1n) is 7.30. The number of thiazole rings is 1. The third-order valence-electron chi connectivity index (χ3n) is 4.14. The fourth-order valence-electron chi connectivity index (χ4n) is 2.51. The number of rotatable bonds is 3. The summed E-state index contributed by atoms with van der Waals surface area (Å²) in [6.45, 7) is 2.07. The van der Waals surface area contributed by atoms with E-state index in [-0.39, 0.29) is 12.4 Å². The van der Waals surface area contributed by atoms with Gasteiger partial charge in [-0.1, -0.05) is 35.0 Å². The van der Waals surface area contributed by atoms with Crippen molar-refractivity contribution in [3.8, 4) is 22.2 Å². The molecule has 0 unspecified atom stereocenters. The lowest BCUT2D eigenvalue weighted by Gasteiger charge is -2.34. The van der Waals surface area contributed by atoms with Crippen molar-refractivity contribution in [3.05, 3.63) is 41.0 Å². The molecule has 1 fully saturated rings. The van der Waals surface area contributed by atoms with Crippen LogP contribution in [0.2, 0.25) is 0 Å². The van der Waals surface area contributed by atoms with Gasteiger partial charge in [-0.15, -0.1) is 23.7 Å². The summed E-state index contributed by atoms with van der Waals surface area (Å²) < 4.78 is 5.34. The maximum absolute atomic E-state index is 6.22. The van der Waals surface area contributed by atoms with E-state index in [1.807, 2.05) is 5.38 Å². The topological polar surface area (TPSA) is 77.8 Å². The number of nitrogens with two attached hydrogens (primary N) is 1. The van der Waals surface area contributed by atoms with E-state index >= 15 is 0 Å². The molecule has 0 aliphatic heterocycles. The van der Waals surface area contributed by atoms with Crippen LogP contribution in [0.15, 0.2) is 34.2 Å². The maximum Gasteiger partial charge on any atom is 0.277 e. The zero-order valence-electron chi connectivity index (χ0n) is 12.7. The van der Waals surface area contributed by atoms with E-state index in [9.17, 15) is 0 Å². The summed E-state index contributed by atoms with van der Waals surface area (Å²) in [7, 11) is 0. The van der Waals surface area contributed by atoms with Gasteiger partial charge >= 0.3 is 0 Å². The van der Waals surface area contributed by atoms with Crippen molar-refractivity contribution in [1.82, 2.24) is 15.1 Å². The molecular formula is C16H17ClN4OS. The van der Waals surface area contributed by atoms with Gasteiger partial charge in [0.1, 0.15) is 10.7 Å². The minimum atomic E-state index is -0.405. The smallest absolute Gasteiger partial charge is 0.277 e. The highest BCUT2D eigenvalue weighted by Crippen LogP contribution is 2.38. The van der Waals surface area contributed by atoms with Crippen molar-refractivity contribution in [1.29, 1.82) is 0 Å². The summed E-state index contributed by atoms with van der Waals surface area (Å²) in [5.74, 6) is 1.04. The van der Waals surface area contributed by atoms with Crippen molar-refractivity contribution < 1.29 is 4.52 Å². The molecule has 1 aliphatic rings. The Kier molecular flexibility index (Phi) is 4.23. The molecule has 1 aromatic carbocycles. The highest BCUT2D eigenvalue weighted by Gasteiger charge is 2.39. The second-order valence-corrected chi connectivity index (χ2v) is 6.69. The number of aromatic nitrogens is 3. The quantitative estimate of drug-likeness (QED) is 0.775. The van der Waals surface area contributed by atoms with Crippen LogP contribution >= 0.6 is 23.7 Å². The number of aryl methyl sites for hydroxylation is 1. The maximum atomic E-state index is 6.22. The Balaban J connectivity index is 0.00000156. The number of halogens is 1. The summed E-state index contributed by atoms with van der Waals surface area (Å²) in [5.41, 5.74) is 8.85. The van der Waals surface area contributed by atoms with Crippen LogP contribution in [0.5, 0.6) is 0 Å². The molecule has 7 heteroatoms. The van der Waals surface area contributed by atoms with Gasteiger partial charge in [0.2, 0.25) is 0 Å². The van der Waals surface area contributed by atoms with Gasteiger partial charge in [0.05, 0.1) is 5.54 Å². The van der Waals surface area contributed by atoms with Crippen LogP contribution in [0.4, 0.5) is 0 Å². The minimum Gasteiger partial charge on any atom is -0.332 e. The van der Waals surface area contributed by atoms with Crippen molar-refractivity contribution >= 4 is 23.7 Å². The Bertz CT molecular complexity index is 808. The van der Waals surface area contributed by atoms with E-state index in [1.54, 1.807) is 11.3 Å². The fourth-order valence-corrected chi connectivity index (χ4v) is 3.31. The summed E-state index contributed by atoms with van der Waals surface area (Å²) >= 11 is 1.57. The van der Waals surface area contributed by atoms with Crippen molar-refractivity contribution in [2.75, 3.05) is 0 Å². The van der Waals surface area contributed by atoms with Crippen LogP contribution in [0.1, 0.15) is 30.7 Å². The monoisotopic (exact) mass is 348 g/mol. The third-order valence-corrected chi connectivity index (χ3v) is 5.03. The summed E-state index contributed by atoms with van der Waals surface area (Å²) in [6, 6.07) is 8.30. The molecule has 1 aliphatic carbocycles. The molecule has 0 bridgehead atoms. The first kappa shape index (κ1) is 16.1. The molecule has 2 aromatic heterocycles. The Morgan fingerprint density at radius 1 is 1.17 bits per heavy atom. The average Bonchev–Trinajstić information content (AvgIpc) is 3.14. The van der Waals surface area contributed by atoms with Gasteiger partial charge in [0.15, 0.2) is 5.82 Å². The molecule has 0 radical (unpaired) electrons. The first-order chi connectivity index (χ1) is 10.6. The van der Waals surface area contributed by atoms with Crippen LogP contribution in [-0.4, -0.2) is 15.1 Å². The van der Waals surface area contributed by atoms with E-state index < -0.39 is 5.54 Å². The van der Waals surface area contributed by atoms with Gasteiger partial charge in [-0.2, -0.15) is 4.98 Å². The molecule has 2 heterocycles. The van der Waals surface area contributed by atoms with Crippen LogP contribution in [0.25, 0.3) is 22.2 Å². The first-order valence-corrected chi connectivity index (χ1v) is 8.18. The molecule has 0 spiro atoms. The number of benzene rings is 1.